The van der Waals surface area contributed by atoms with Crippen LogP contribution in [0.5, 0.6) is 0 Å². The van der Waals surface area contributed by atoms with Gasteiger partial charge in [0.15, 0.2) is 0 Å². The second kappa shape index (κ2) is 7.31. The van der Waals surface area contributed by atoms with E-state index in [4.69, 9.17) is 9.47 Å². The van der Waals surface area contributed by atoms with E-state index in [0.29, 0.717) is 0 Å². The first-order valence-electron chi connectivity index (χ1n) is 7.89. The molecule has 2 N–H and O–H groups in total. The minimum Gasteiger partial charge on any atom is -0.468 e. The van der Waals surface area contributed by atoms with Gasteiger partial charge in [0.05, 0.1) is 7.11 Å². The molecule has 0 spiro atoms. The number of carbonyl (C=O) groups is 2. The molecule has 0 radical (unpaired) electrons. The summed E-state index contributed by atoms with van der Waals surface area (Å²) in [7, 11) is 1.40. The fraction of sp³-hybridized carbons (Fsp3) is 0.875. The number of ether oxygens (including phenoxy) is 2. The van der Waals surface area contributed by atoms with Crippen LogP contribution in [0.2, 0.25) is 0 Å². The van der Waals surface area contributed by atoms with Crippen molar-refractivity contribution in [3.05, 3.63) is 0 Å². The minimum atomic E-state index is -0.690. The van der Waals surface area contributed by atoms with Crippen molar-refractivity contribution < 1.29 is 19.1 Å². The minimum absolute atomic E-state index is 0.133. The quantitative estimate of drug-likeness (QED) is 0.779. The average Bonchev–Trinajstić information content (AvgIpc) is 2.37. The highest BCUT2D eigenvalue weighted by molar-refractivity contribution is 5.79. The van der Waals surface area contributed by atoms with Gasteiger partial charge < -0.3 is 14.8 Å². The van der Waals surface area contributed by atoms with E-state index >= 15 is 0 Å². The molecule has 6 heteroatoms. The largest absolute Gasteiger partial charge is 0.468 e. The molecule has 1 saturated carbocycles. The number of hydrogen-bond acceptors (Lipinski definition) is 5. The zero-order chi connectivity index (χ0) is 17.0. The van der Waals surface area contributed by atoms with Crippen molar-refractivity contribution in [2.24, 2.45) is 0 Å². The molecule has 1 aliphatic carbocycles. The Labute approximate surface area is 133 Å². The van der Waals surface area contributed by atoms with Gasteiger partial charge in [0, 0.05) is 12.1 Å². The van der Waals surface area contributed by atoms with Crippen LogP contribution < -0.4 is 10.6 Å². The molecule has 0 aromatic carbocycles. The normalized spacial score (nSPS) is 22.8. The Bertz CT molecular complexity index is 393. The number of nitrogens with one attached hydrogen (secondary N) is 2. The first-order chi connectivity index (χ1) is 10.0. The molecular weight excluding hydrogens is 284 g/mol. The molecule has 22 heavy (non-hydrogen) atoms. The summed E-state index contributed by atoms with van der Waals surface area (Å²) in [6, 6.07) is 0.389. The van der Waals surface area contributed by atoms with Crippen molar-refractivity contribution in [1.29, 1.82) is 0 Å². The van der Waals surface area contributed by atoms with Gasteiger partial charge in [-0.25, -0.2) is 4.79 Å². The van der Waals surface area contributed by atoms with Crippen LogP contribution in [0.3, 0.4) is 0 Å². The van der Waals surface area contributed by atoms with Gasteiger partial charge in [0.25, 0.3) is 0 Å². The number of hydrogen-bond donors (Lipinski definition) is 2. The molecule has 0 saturated heterocycles. The van der Waals surface area contributed by atoms with E-state index in [-0.39, 0.29) is 24.1 Å². The second-order valence-electron chi connectivity index (χ2n) is 7.46. The van der Waals surface area contributed by atoms with Gasteiger partial charge >= 0.3 is 12.1 Å². The molecule has 1 amide bonds. The van der Waals surface area contributed by atoms with Gasteiger partial charge in [-0.15, -0.1) is 0 Å². The maximum absolute atomic E-state index is 11.8. The van der Waals surface area contributed by atoms with Gasteiger partial charge in [-0.05, 0) is 60.3 Å². The molecule has 6 nitrogen and oxygen atoms in total. The molecule has 0 heterocycles. The van der Waals surface area contributed by atoms with E-state index < -0.39 is 11.1 Å². The zero-order valence-electron chi connectivity index (χ0n) is 14.6. The van der Waals surface area contributed by atoms with Crippen LogP contribution in [0.15, 0.2) is 0 Å². The maximum atomic E-state index is 11.8. The monoisotopic (exact) mass is 314 g/mol. The summed E-state index contributed by atoms with van der Waals surface area (Å²) in [5, 5.41) is 6.25. The number of amides is 1. The SMILES string of the molecule is COC(=O)C(C)(C)NC1CCC(NC(=O)OC(C)(C)C)CC1. The summed E-state index contributed by atoms with van der Waals surface area (Å²) in [5.41, 5.74) is -1.17. The standard InChI is InChI=1S/C16H30N2O4/c1-15(2,3)22-14(20)17-11-7-9-12(10-8-11)18-16(4,5)13(19)21-6/h11-12,18H,7-10H2,1-6H3,(H,17,20). The highest BCUT2D eigenvalue weighted by Gasteiger charge is 2.33. The smallest absolute Gasteiger partial charge is 0.407 e. The van der Waals surface area contributed by atoms with Crippen molar-refractivity contribution in [1.82, 2.24) is 10.6 Å². The van der Waals surface area contributed by atoms with E-state index in [2.05, 4.69) is 10.6 Å². The highest BCUT2D eigenvalue weighted by Crippen LogP contribution is 2.21. The van der Waals surface area contributed by atoms with Crippen LogP contribution in [-0.2, 0) is 14.3 Å². The molecule has 0 atom stereocenters. The third kappa shape index (κ3) is 6.22. The average molecular weight is 314 g/mol. The lowest BCUT2D eigenvalue weighted by Gasteiger charge is -2.35. The number of esters is 1. The van der Waals surface area contributed by atoms with E-state index in [9.17, 15) is 9.59 Å². The molecule has 0 bridgehead atoms. The summed E-state index contributed by atoms with van der Waals surface area (Å²) in [6.07, 6.45) is 3.18. The molecule has 1 rings (SSSR count). The Morgan fingerprint density at radius 1 is 0.955 bits per heavy atom. The molecule has 1 fully saturated rings. The third-order valence-electron chi connectivity index (χ3n) is 3.71. The molecule has 128 valence electrons. The topological polar surface area (TPSA) is 76.7 Å². The summed E-state index contributed by atoms with van der Waals surface area (Å²) in [6.45, 7) is 9.20. The molecule has 0 aliphatic heterocycles. The Kier molecular flexibility index (Phi) is 6.23. The van der Waals surface area contributed by atoms with E-state index in [1.165, 1.54) is 7.11 Å². The van der Waals surface area contributed by atoms with Crippen molar-refractivity contribution >= 4 is 12.1 Å². The zero-order valence-corrected chi connectivity index (χ0v) is 14.6. The van der Waals surface area contributed by atoms with Gasteiger partial charge in [0.2, 0.25) is 0 Å². The summed E-state index contributed by atoms with van der Waals surface area (Å²) in [5.74, 6) is -0.262. The van der Waals surface area contributed by atoms with E-state index in [1.807, 2.05) is 34.6 Å². The van der Waals surface area contributed by atoms with Crippen molar-refractivity contribution in [3.63, 3.8) is 0 Å². The van der Waals surface area contributed by atoms with Crippen LogP contribution in [0, 0.1) is 0 Å². The van der Waals surface area contributed by atoms with Gasteiger partial charge in [-0.3, -0.25) is 10.1 Å². The van der Waals surface area contributed by atoms with Gasteiger partial charge in [0.1, 0.15) is 11.1 Å². The van der Waals surface area contributed by atoms with E-state index in [1.54, 1.807) is 0 Å². The third-order valence-corrected chi connectivity index (χ3v) is 3.71. The van der Waals surface area contributed by atoms with Crippen molar-refractivity contribution in [3.8, 4) is 0 Å². The van der Waals surface area contributed by atoms with Crippen LogP contribution >= 0.6 is 0 Å². The predicted octanol–water partition coefficient (Wildman–Crippen LogP) is 2.36. The lowest BCUT2D eigenvalue weighted by Crippen LogP contribution is -2.54. The first kappa shape index (κ1) is 18.7. The second-order valence-corrected chi connectivity index (χ2v) is 7.46. The summed E-state index contributed by atoms with van der Waals surface area (Å²) < 4.78 is 10.1. The number of methoxy groups -OCH3 is 1. The number of carbonyl (C=O) groups excluding carboxylic acids is 2. The van der Waals surface area contributed by atoms with Crippen LogP contribution in [0.1, 0.15) is 60.3 Å². The Morgan fingerprint density at radius 2 is 1.45 bits per heavy atom. The molecule has 0 aromatic heterocycles. The van der Waals surface area contributed by atoms with Crippen molar-refractivity contribution in [2.45, 2.75) is 83.5 Å². The summed E-state index contributed by atoms with van der Waals surface area (Å²) >= 11 is 0. The molecular formula is C16H30N2O4. The Hall–Kier alpha value is -1.30. The fourth-order valence-corrected chi connectivity index (χ4v) is 2.68. The number of rotatable bonds is 4. The van der Waals surface area contributed by atoms with Crippen LogP contribution in [0.25, 0.3) is 0 Å². The predicted molar refractivity (Wildman–Crippen MR) is 84.6 cm³/mol. The van der Waals surface area contributed by atoms with Crippen LogP contribution in [0.4, 0.5) is 4.79 Å². The molecule has 0 unspecified atom stereocenters. The Balaban J connectivity index is 2.38. The first-order valence-corrected chi connectivity index (χ1v) is 7.89. The van der Waals surface area contributed by atoms with Gasteiger partial charge in [-0.1, -0.05) is 0 Å². The van der Waals surface area contributed by atoms with Gasteiger partial charge in [-0.2, -0.15) is 0 Å². The Morgan fingerprint density at radius 3 is 1.91 bits per heavy atom. The lowest BCUT2D eigenvalue weighted by atomic mass is 9.89. The lowest BCUT2D eigenvalue weighted by molar-refractivity contribution is -0.147. The summed E-state index contributed by atoms with van der Waals surface area (Å²) in [4.78, 5) is 23.4. The molecule has 1 aliphatic rings. The van der Waals surface area contributed by atoms with Crippen LogP contribution in [-0.4, -0.2) is 42.4 Å². The number of alkyl carbamates (subject to hydrolysis) is 1. The maximum Gasteiger partial charge on any atom is 0.407 e. The van der Waals surface area contributed by atoms with E-state index in [0.717, 1.165) is 25.7 Å². The highest BCUT2D eigenvalue weighted by atomic mass is 16.6. The fourth-order valence-electron chi connectivity index (χ4n) is 2.68. The van der Waals surface area contributed by atoms with Crippen molar-refractivity contribution in [2.75, 3.05) is 7.11 Å². The molecule has 0 aromatic rings.